The minimum atomic E-state index is -3.77. The van der Waals surface area contributed by atoms with Crippen LogP contribution in [0.1, 0.15) is 60.3 Å². The topological polar surface area (TPSA) is 83.4 Å². The molecule has 0 bridgehead atoms. The molecule has 2 heterocycles. The molecule has 170 valence electrons. The maximum absolute atomic E-state index is 15.0. The molecule has 2 aromatic carbocycles. The van der Waals surface area contributed by atoms with Gasteiger partial charge in [-0.05, 0) is 37.5 Å². The molecule has 0 aliphatic carbocycles. The van der Waals surface area contributed by atoms with Crippen molar-refractivity contribution in [2.45, 2.75) is 50.4 Å². The number of rotatable bonds is 5. The largest absolute Gasteiger partial charge is 0.383 e. The monoisotopic (exact) mass is 462 g/mol. The Morgan fingerprint density at radius 1 is 1.12 bits per heavy atom. The minimum Gasteiger partial charge on any atom is -0.383 e. The molecule has 0 radical (unpaired) electrons. The first-order valence-corrected chi connectivity index (χ1v) is 11.9. The van der Waals surface area contributed by atoms with Crippen LogP contribution in [-0.4, -0.2) is 23.9 Å². The van der Waals surface area contributed by atoms with Crippen LogP contribution in [0.2, 0.25) is 0 Å². The van der Waals surface area contributed by atoms with Crippen LogP contribution in [0.15, 0.2) is 57.8 Å². The Morgan fingerprint density at radius 3 is 2.50 bits per heavy atom. The highest BCUT2D eigenvalue weighted by Gasteiger charge is 2.40. The van der Waals surface area contributed by atoms with Gasteiger partial charge >= 0.3 is 0 Å². The molecule has 3 atom stereocenters. The molecule has 9 heteroatoms. The highest BCUT2D eigenvalue weighted by atomic mass is 32.2. The zero-order chi connectivity index (χ0) is 23.0. The Kier molecular flexibility index (Phi) is 6.05. The van der Waals surface area contributed by atoms with Crippen LogP contribution in [0.5, 0.6) is 0 Å². The summed E-state index contributed by atoms with van der Waals surface area (Å²) < 4.78 is 62.8. The molecular formula is C23H24F2N2O4S. The van der Waals surface area contributed by atoms with Crippen LogP contribution < -0.4 is 5.56 Å². The number of H-pyrrole nitrogens is 1. The van der Waals surface area contributed by atoms with Crippen LogP contribution in [0.25, 0.3) is 0 Å². The van der Waals surface area contributed by atoms with E-state index in [0.717, 1.165) is 12.1 Å². The van der Waals surface area contributed by atoms with E-state index in [2.05, 4.69) is 5.16 Å². The lowest BCUT2D eigenvalue weighted by Gasteiger charge is -2.37. The average Bonchev–Trinajstić information content (AvgIpc) is 3.19. The summed E-state index contributed by atoms with van der Waals surface area (Å²) in [5.41, 5.74) is 0.193. The van der Waals surface area contributed by atoms with Crippen molar-refractivity contribution in [3.8, 4) is 0 Å². The van der Waals surface area contributed by atoms with Gasteiger partial charge in [0.1, 0.15) is 22.6 Å². The first-order valence-electron chi connectivity index (χ1n) is 10.4. The molecule has 6 nitrogen and oxygen atoms in total. The summed E-state index contributed by atoms with van der Waals surface area (Å²) in [6.07, 6.45) is 1.09. The maximum Gasteiger partial charge on any atom is 0.280 e. The second kappa shape index (κ2) is 8.63. The first-order chi connectivity index (χ1) is 15.2. The van der Waals surface area contributed by atoms with Crippen molar-refractivity contribution in [3.05, 3.63) is 93.0 Å². The van der Waals surface area contributed by atoms with Crippen molar-refractivity contribution in [3.63, 3.8) is 0 Å². The highest BCUT2D eigenvalue weighted by Crippen LogP contribution is 2.38. The molecule has 1 N–H and O–H groups in total. The standard InChI is InChI=1S/C23H24F2N2O4S/c1-14-8-9-22(16-6-4-3-5-7-16)32(29,30)27(14)13-17-10-20(25)18(11-19(17)24)15(2)21-12-23(28)26-31-21/h3-7,10-12,14-15,22H,8-9,13H2,1-2H3,(H,26,28)/t14-,15?,22+/m0/s1. The molecular weight excluding hydrogens is 438 g/mol. The van der Waals surface area contributed by atoms with E-state index < -0.39 is 38.4 Å². The molecule has 1 saturated heterocycles. The van der Waals surface area contributed by atoms with Gasteiger partial charge in [0.05, 0.1) is 0 Å². The van der Waals surface area contributed by atoms with Crippen molar-refractivity contribution >= 4 is 10.0 Å². The van der Waals surface area contributed by atoms with Crippen LogP contribution in [-0.2, 0) is 16.6 Å². The fraction of sp³-hybridized carbons (Fsp3) is 0.348. The first kappa shape index (κ1) is 22.4. The summed E-state index contributed by atoms with van der Waals surface area (Å²) in [5.74, 6) is -1.92. The Morgan fingerprint density at radius 2 is 1.84 bits per heavy atom. The van der Waals surface area contributed by atoms with E-state index in [0.29, 0.717) is 18.4 Å². The number of aromatic nitrogens is 1. The molecule has 0 spiro atoms. The number of sulfonamides is 1. The summed E-state index contributed by atoms with van der Waals surface area (Å²) >= 11 is 0. The van der Waals surface area contributed by atoms with E-state index in [4.69, 9.17) is 4.52 Å². The van der Waals surface area contributed by atoms with Crippen LogP contribution >= 0.6 is 0 Å². The Labute approximate surface area is 184 Å². The summed E-state index contributed by atoms with van der Waals surface area (Å²) in [6, 6.07) is 11.8. The molecule has 32 heavy (non-hydrogen) atoms. The normalized spacial score (nSPS) is 22.0. The summed E-state index contributed by atoms with van der Waals surface area (Å²) in [4.78, 5) is 11.3. The zero-order valence-corrected chi connectivity index (χ0v) is 18.5. The molecule has 4 rings (SSSR count). The molecule has 1 aliphatic heterocycles. The Bertz CT molecular complexity index is 1270. The minimum absolute atomic E-state index is 0.0192. The molecule has 1 unspecified atom stereocenters. The Hall–Kier alpha value is -2.78. The van der Waals surface area contributed by atoms with Gasteiger partial charge in [-0.2, -0.15) is 9.46 Å². The lowest BCUT2D eigenvalue weighted by atomic mass is 9.96. The number of nitrogens with zero attached hydrogens (tertiary/aromatic N) is 1. The van der Waals surface area contributed by atoms with Crippen LogP contribution in [0.4, 0.5) is 8.78 Å². The fourth-order valence-corrected chi connectivity index (χ4v) is 6.43. The second-order valence-electron chi connectivity index (χ2n) is 8.22. The fourth-order valence-electron chi connectivity index (χ4n) is 4.24. The smallest absolute Gasteiger partial charge is 0.280 e. The van der Waals surface area contributed by atoms with Gasteiger partial charge in [-0.25, -0.2) is 17.2 Å². The van der Waals surface area contributed by atoms with Crippen LogP contribution in [0, 0.1) is 11.6 Å². The zero-order valence-electron chi connectivity index (χ0n) is 17.7. The van der Waals surface area contributed by atoms with Gasteiger partial charge in [-0.1, -0.05) is 37.3 Å². The number of hydrogen-bond acceptors (Lipinski definition) is 4. The van der Waals surface area contributed by atoms with E-state index in [-0.39, 0.29) is 29.5 Å². The maximum atomic E-state index is 15.0. The third kappa shape index (κ3) is 4.14. The van der Waals surface area contributed by atoms with E-state index in [1.54, 1.807) is 38.1 Å². The number of halogens is 2. The molecule has 1 fully saturated rings. The van der Waals surface area contributed by atoms with E-state index in [1.807, 2.05) is 6.07 Å². The third-order valence-corrected chi connectivity index (χ3v) is 8.49. The van der Waals surface area contributed by atoms with Gasteiger partial charge in [0.25, 0.3) is 5.56 Å². The third-order valence-electron chi connectivity index (χ3n) is 6.12. The number of hydrogen-bond donors (Lipinski definition) is 1. The number of nitrogens with one attached hydrogen (secondary N) is 1. The molecule has 1 aliphatic rings. The highest BCUT2D eigenvalue weighted by molar-refractivity contribution is 7.89. The van der Waals surface area contributed by atoms with E-state index >= 15 is 0 Å². The van der Waals surface area contributed by atoms with Crippen molar-refractivity contribution in [1.29, 1.82) is 0 Å². The quantitative estimate of drug-likeness (QED) is 0.607. The number of benzene rings is 2. The van der Waals surface area contributed by atoms with Crippen molar-refractivity contribution in [1.82, 2.24) is 9.46 Å². The molecule has 0 saturated carbocycles. The van der Waals surface area contributed by atoms with E-state index in [9.17, 15) is 22.0 Å². The van der Waals surface area contributed by atoms with Crippen molar-refractivity contribution in [2.24, 2.45) is 0 Å². The molecule has 3 aromatic rings. The number of aromatic amines is 1. The summed E-state index contributed by atoms with van der Waals surface area (Å²) in [5, 5.41) is 1.41. The lowest BCUT2D eigenvalue weighted by Crippen LogP contribution is -2.44. The van der Waals surface area contributed by atoms with E-state index in [1.165, 1.54) is 10.4 Å². The SMILES string of the molecule is CC(c1cc(=O)[nH]o1)c1cc(F)c(CN2[C@@H](C)CC[C@H](c3ccccc3)S2(=O)=O)cc1F. The van der Waals surface area contributed by atoms with Crippen LogP contribution in [0.3, 0.4) is 0 Å². The van der Waals surface area contributed by atoms with Crippen molar-refractivity contribution < 1.29 is 21.7 Å². The van der Waals surface area contributed by atoms with Gasteiger partial charge in [-0.15, -0.1) is 0 Å². The van der Waals surface area contributed by atoms with Gasteiger partial charge in [-0.3, -0.25) is 4.79 Å². The summed E-state index contributed by atoms with van der Waals surface area (Å²) in [7, 11) is -3.77. The van der Waals surface area contributed by atoms with Gasteiger partial charge in [0, 0.05) is 35.7 Å². The molecule has 0 amide bonds. The lowest BCUT2D eigenvalue weighted by molar-refractivity contribution is 0.278. The second-order valence-corrected chi connectivity index (χ2v) is 10.3. The van der Waals surface area contributed by atoms with Crippen molar-refractivity contribution in [2.75, 3.05) is 0 Å². The van der Waals surface area contributed by atoms with Gasteiger partial charge in [0.15, 0.2) is 0 Å². The van der Waals surface area contributed by atoms with Gasteiger partial charge < -0.3 is 4.52 Å². The summed E-state index contributed by atoms with van der Waals surface area (Å²) in [6.45, 7) is 3.10. The molecule has 1 aromatic heterocycles. The predicted octanol–water partition coefficient (Wildman–Crippen LogP) is 4.45. The predicted molar refractivity (Wildman–Crippen MR) is 116 cm³/mol. The Balaban J connectivity index is 1.64. The van der Waals surface area contributed by atoms with Gasteiger partial charge in [0.2, 0.25) is 10.0 Å². The average molecular weight is 463 g/mol.